The lowest BCUT2D eigenvalue weighted by Crippen LogP contribution is -2.06. The summed E-state index contributed by atoms with van der Waals surface area (Å²) >= 11 is 5.00. The van der Waals surface area contributed by atoms with E-state index in [-0.39, 0.29) is 0 Å². The summed E-state index contributed by atoms with van der Waals surface area (Å²) in [6.07, 6.45) is 1.54. The van der Waals surface area contributed by atoms with Crippen molar-refractivity contribution in [3.05, 3.63) is 11.0 Å². The second-order valence-electron chi connectivity index (χ2n) is 2.71. The first kappa shape index (κ1) is 9.22. The lowest BCUT2D eigenvalue weighted by atomic mass is 10.5. The van der Waals surface area contributed by atoms with Gasteiger partial charge in [0.25, 0.3) is 0 Å². The molecule has 0 amide bonds. The second-order valence-corrected chi connectivity index (χ2v) is 3.10. The van der Waals surface area contributed by atoms with Crippen LogP contribution >= 0.6 is 12.2 Å². The van der Waals surface area contributed by atoms with Gasteiger partial charge in [0, 0.05) is 7.11 Å². The Morgan fingerprint density at radius 1 is 1.64 bits per heavy atom. The quantitative estimate of drug-likeness (QED) is 0.750. The maximum absolute atomic E-state index is 5.00. The largest absolute Gasteiger partial charge is 0.383 e. The summed E-state index contributed by atoms with van der Waals surface area (Å²) in [7, 11) is 1.64. The summed E-state index contributed by atoms with van der Waals surface area (Å²) in [6.45, 7) is 1.23. The molecule has 0 aliphatic carbocycles. The van der Waals surface area contributed by atoms with Gasteiger partial charge in [-0.1, -0.05) is 17.4 Å². The third-order valence-corrected chi connectivity index (χ3v) is 2.13. The van der Waals surface area contributed by atoms with Crippen molar-refractivity contribution < 1.29 is 4.74 Å². The second kappa shape index (κ2) is 3.81. The van der Waals surface area contributed by atoms with Crippen LogP contribution in [0.5, 0.6) is 0 Å². The smallest absolute Gasteiger partial charge is 0.166 e. The lowest BCUT2D eigenvalue weighted by Gasteiger charge is -1.99. The zero-order chi connectivity index (χ0) is 9.97. The highest BCUT2D eigenvalue weighted by atomic mass is 32.1. The van der Waals surface area contributed by atoms with Crippen molar-refractivity contribution in [2.45, 2.75) is 6.54 Å². The van der Waals surface area contributed by atoms with Gasteiger partial charge < -0.3 is 9.72 Å². The molecule has 0 aliphatic heterocycles. The van der Waals surface area contributed by atoms with E-state index in [1.165, 1.54) is 6.33 Å². The average molecular weight is 211 g/mol. The molecule has 2 rings (SSSR count). The number of aromatic amines is 1. The van der Waals surface area contributed by atoms with E-state index in [9.17, 15) is 0 Å². The maximum Gasteiger partial charge on any atom is 0.166 e. The zero-order valence-corrected chi connectivity index (χ0v) is 8.41. The Bertz CT molecular complexity index is 490. The van der Waals surface area contributed by atoms with Crippen molar-refractivity contribution in [3.8, 4) is 0 Å². The SMILES string of the molecule is COCCn1nnc2c(=S)nc[nH]c21. The van der Waals surface area contributed by atoms with Crippen LogP contribution in [0.4, 0.5) is 0 Å². The minimum atomic E-state index is 0.461. The van der Waals surface area contributed by atoms with Crippen LogP contribution in [-0.2, 0) is 11.3 Å². The van der Waals surface area contributed by atoms with Crippen molar-refractivity contribution in [3.63, 3.8) is 0 Å². The molecule has 0 spiro atoms. The highest BCUT2D eigenvalue weighted by molar-refractivity contribution is 7.71. The summed E-state index contributed by atoms with van der Waals surface area (Å²) < 4.78 is 7.12. The van der Waals surface area contributed by atoms with E-state index in [4.69, 9.17) is 17.0 Å². The summed E-state index contributed by atoms with van der Waals surface area (Å²) in [4.78, 5) is 6.87. The molecule has 0 atom stereocenters. The maximum atomic E-state index is 5.00. The Morgan fingerprint density at radius 2 is 2.50 bits per heavy atom. The van der Waals surface area contributed by atoms with E-state index in [2.05, 4.69) is 20.3 Å². The summed E-state index contributed by atoms with van der Waals surface area (Å²) in [5.41, 5.74) is 1.40. The molecule has 0 aliphatic rings. The van der Waals surface area contributed by atoms with Gasteiger partial charge in [0.15, 0.2) is 15.8 Å². The van der Waals surface area contributed by atoms with Gasteiger partial charge >= 0.3 is 0 Å². The number of methoxy groups -OCH3 is 1. The normalized spacial score (nSPS) is 10.9. The fourth-order valence-electron chi connectivity index (χ4n) is 1.15. The van der Waals surface area contributed by atoms with Crippen LogP contribution in [0.15, 0.2) is 6.33 Å². The molecule has 0 aromatic carbocycles. The number of nitrogens with one attached hydrogen (secondary N) is 1. The molecule has 0 radical (unpaired) electrons. The molecule has 74 valence electrons. The van der Waals surface area contributed by atoms with Gasteiger partial charge in [-0.2, -0.15) is 0 Å². The predicted molar refractivity (Wildman–Crippen MR) is 52.4 cm³/mol. The molecule has 0 fully saturated rings. The van der Waals surface area contributed by atoms with Crippen LogP contribution in [0, 0.1) is 4.64 Å². The molecule has 2 aromatic rings. The van der Waals surface area contributed by atoms with Crippen molar-refractivity contribution in [2.24, 2.45) is 0 Å². The first-order chi connectivity index (χ1) is 6.83. The molecule has 0 unspecified atom stereocenters. The van der Waals surface area contributed by atoms with E-state index < -0.39 is 0 Å². The van der Waals surface area contributed by atoms with E-state index in [1.54, 1.807) is 11.8 Å². The van der Waals surface area contributed by atoms with Gasteiger partial charge in [-0.05, 0) is 0 Å². The number of H-pyrrole nitrogens is 1. The highest BCUT2D eigenvalue weighted by Crippen LogP contribution is 2.06. The van der Waals surface area contributed by atoms with Crippen molar-refractivity contribution in [1.82, 2.24) is 25.0 Å². The van der Waals surface area contributed by atoms with Crippen molar-refractivity contribution in [2.75, 3.05) is 13.7 Å². The molecule has 14 heavy (non-hydrogen) atoms. The molecular weight excluding hydrogens is 202 g/mol. The number of hydrogen-bond acceptors (Lipinski definition) is 5. The Morgan fingerprint density at radius 3 is 3.29 bits per heavy atom. The number of fused-ring (bicyclic) bond motifs is 1. The molecule has 6 nitrogen and oxygen atoms in total. The standard InChI is InChI=1S/C7H9N5OS/c1-13-3-2-12-6-5(10-11-12)7(14)9-4-8-6/h4H,2-3H2,1H3,(H,8,9,14). The molecule has 7 heteroatoms. The Balaban J connectivity index is 2.47. The van der Waals surface area contributed by atoms with E-state index in [0.717, 1.165) is 5.65 Å². The lowest BCUT2D eigenvalue weighted by molar-refractivity contribution is 0.184. The van der Waals surface area contributed by atoms with Crippen LogP contribution in [-0.4, -0.2) is 38.7 Å². The third kappa shape index (κ3) is 1.51. The number of ether oxygens (including phenoxy) is 1. The molecule has 2 heterocycles. The van der Waals surface area contributed by atoms with Gasteiger partial charge in [-0.15, -0.1) is 5.10 Å². The third-order valence-electron chi connectivity index (χ3n) is 1.83. The zero-order valence-electron chi connectivity index (χ0n) is 7.60. The summed E-state index contributed by atoms with van der Waals surface area (Å²) in [5, 5.41) is 7.87. The number of nitrogens with zero attached hydrogens (tertiary/aromatic N) is 4. The van der Waals surface area contributed by atoms with Crippen LogP contribution < -0.4 is 0 Å². The van der Waals surface area contributed by atoms with Crippen LogP contribution in [0.25, 0.3) is 11.2 Å². The molecular formula is C7H9N5OS. The number of aromatic nitrogens is 5. The summed E-state index contributed by atoms with van der Waals surface area (Å²) in [6, 6.07) is 0. The van der Waals surface area contributed by atoms with E-state index in [0.29, 0.717) is 23.3 Å². The van der Waals surface area contributed by atoms with Crippen molar-refractivity contribution >= 4 is 23.4 Å². The highest BCUT2D eigenvalue weighted by Gasteiger charge is 2.05. The topological polar surface area (TPSA) is 68.6 Å². The fraction of sp³-hybridized carbons (Fsp3) is 0.429. The molecule has 0 bridgehead atoms. The van der Waals surface area contributed by atoms with Gasteiger partial charge in [0.1, 0.15) is 0 Å². The van der Waals surface area contributed by atoms with Crippen LogP contribution in [0.2, 0.25) is 0 Å². The van der Waals surface area contributed by atoms with Gasteiger partial charge in [-0.3, -0.25) is 0 Å². The first-order valence-corrected chi connectivity index (χ1v) is 4.49. The molecule has 0 saturated heterocycles. The first-order valence-electron chi connectivity index (χ1n) is 4.08. The van der Waals surface area contributed by atoms with Crippen LogP contribution in [0.3, 0.4) is 0 Å². The van der Waals surface area contributed by atoms with Gasteiger partial charge in [0.05, 0.1) is 19.5 Å². The Labute approximate surface area is 84.9 Å². The van der Waals surface area contributed by atoms with E-state index in [1.807, 2.05) is 0 Å². The van der Waals surface area contributed by atoms with Crippen molar-refractivity contribution in [1.29, 1.82) is 0 Å². The minimum Gasteiger partial charge on any atom is -0.383 e. The minimum absolute atomic E-state index is 0.461. The monoisotopic (exact) mass is 211 g/mol. The average Bonchev–Trinajstić information content (AvgIpc) is 2.60. The summed E-state index contributed by atoms with van der Waals surface area (Å²) in [5.74, 6) is 0. The number of rotatable bonds is 3. The Kier molecular flexibility index (Phi) is 2.51. The molecule has 2 aromatic heterocycles. The number of hydrogen-bond donors (Lipinski definition) is 1. The Hall–Kier alpha value is -1.34. The predicted octanol–water partition coefficient (Wildman–Crippen LogP) is 0.530. The van der Waals surface area contributed by atoms with E-state index >= 15 is 0 Å². The van der Waals surface area contributed by atoms with Crippen LogP contribution in [0.1, 0.15) is 0 Å². The molecule has 1 N–H and O–H groups in total. The van der Waals surface area contributed by atoms with Gasteiger partial charge in [-0.25, -0.2) is 9.67 Å². The molecule has 0 saturated carbocycles. The van der Waals surface area contributed by atoms with Gasteiger partial charge in [0.2, 0.25) is 0 Å². The fourth-order valence-corrected chi connectivity index (χ4v) is 1.34.